The van der Waals surface area contributed by atoms with Crippen LogP contribution < -0.4 is 10.5 Å². The van der Waals surface area contributed by atoms with Gasteiger partial charge in [0, 0.05) is 30.6 Å². The summed E-state index contributed by atoms with van der Waals surface area (Å²) in [5.74, 6) is 1.59. The first kappa shape index (κ1) is 12.6. The number of nitrogens with zero attached hydrogens (tertiary/aromatic N) is 2. The van der Waals surface area contributed by atoms with Gasteiger partial charge in [0.15, 0.2) is 0 Å². The van der Waals surface area contributed by atoms with Gasteiger partial charge in [0.05, 0.1) is 11.0 Å². The molecule has 5 heteroatoms. The zero-order valence-corrected chi connectivity index (χ0v) is 11.2. The van der Waals surface area contributed by atoms with E-state index in [-0.39, 0.29) is 6.10 Å². The van der Waals surface area contributed by atoms with Crippen molar-refractivity contribution in [2.45, 2.75) is 13.0 Å². The van der Waals surface area contributed by atoms with Crippen LogP contribution in [-0.4, -0.2) is 27.6 Å². The van der Waals surface area contributed by atoms with E-state index in [1.807, 2.05) is 37.3 Å². The predicted octanol–water partition coefficient (Wildman–Crippen LogP) is 2.35. The summed E-state index contributed by atoms with van der Waals surface area (Å²) in [4.78, 5) is 11.9. The highest BCUT2D eigenvalue weighted by Gasteiger charge is 2.07. The van der Waals surface area contributed by atoms with Gasteiger partial charge in [-0.3, -0.25) is 4.98 Å². The van der Waals surface area contributed by atoms with Crippen molar-refractivity contribution in [1.82, 2.24) is 15.0 Å². The molecular weight excluding hydrogens is 252 g/mol. The zero-order chi connectivity index (χ0) is 13.9. The molecule has 0 saturated heterocycles. The fourth-order valence-electron chi connectivity index (χ4n) is 1.98. The van der Waals surface area contributed by atoms with Crippen molar-refractivity contribution >= 4 is 11.0 Å². The lowest BCUT2D eigenvalue weighted by atomic mass is 10.3. The van der Waals surface area contributed by atoms with E-state index in [0.717, 1.165) is 28.2 Å². The van der Waals surface area contributed by atoms with Crippen molar-refractivity contribution in [3.8, 4) is 17.1 Å². The molecule has 0 bridgehead atoms. The van der Waals surface area contributed by atoms with Crippen LogP contribution in [0, 0.1) is 0 Å². The zero-order valence-electron chi connectivity index (χ0n) is 11.2. The standard InChI is InChI=1S/C15H16N4O/c1-10(8-16)20-12-4-5-13-14(7-12)19-15(18-13)11-3-2-6-17-9-11/h2-7,9-10H,8,16H2,1H3,(H,18,19). The molecule has 102 valence electrons. The number of imidazole rings is 1. The van der Waals surface area contributed by atoms with Crippen LogP contribution in [0.4, 0.5) is 0 Å². The number of fused-ring (bicyclic) bond motifs is 1. The molecular formula is C15H16N4O. The maximum absolute atomic E-state index is 5.70. The van der Waals surface area contributed by atoms with E-state index >= 15 is 0 Å². The third kappa shape index (κ3) is 2.48. The largest absolute Gasteiger partial charge is 0.489 e. The number of ether oxygens (including phenoxy) is 1. The highest BCUT2D eigenvalue weighted by molar-refractivity contribution is 5.80. The molecule has 0 fully saturated rings. The van der Waals surface area contributed by atoms with E-state index in [2.05, 4.69) is 15.0 Å². The lowest BCUT2D eigenvalue weighted by Gasteiger charge is -2.11. The van der Waals surface area contributed by atoms with Crippen LogP contribution in [0.5, 0.6) is 5.75 Å². The number of benzene rings is 1. The first-order chi connectivity index (χ1) is 9.76. The van der Waals surface area contributed by atoms with E-state index in [9.17, 15) is 0 Å². The second-order valence-corrected chi connectivity index (χ2v) is 4.67. The SMILES string of the molecule is CC(CN)Oc1ccc2nc(-c3cccnc3)[nH]c2c1. The Hall–Kier alpha value is -2.40. The van der Waals surface area contributed by atoms with Gasteiger partial charge < -0.3 is 15.5 Å². The van der Waals surface area contributed by atoms with Crippen LogP contribution in [0.25, 0.3) is 22.4 Å². The molecule has 0 saturated carbocycles. The van der Waals surface area contributed by atoms with Gasteiger partial charge >= 0.3 is 0 Å². The van der Waals surface area contributed by atoms with Gasteiger partial charge in [-0.15, -0.1) is 0 Å². The second-order valence-electron chi connectivity index (χ2n) is 4.67. The van der Waals surface area contributed by atoms with Gasteiger partial charge in [-0.1, -0.05) is 0 Å². The molecule has 0 radical (unpaired) electrons. The maximum atomic E-state index is 5.70. The molecule has 2 aromatic heterocycles. The average Bonchev–Trinajstić information content (AvgIpc) is 2.91. The molecule has 1 atom stereocenters. The van der Waals surface area contributed by atoms with E-state index in [0.29, 0.717) is 6.54 Å². The first-order valence-corrected chi connectivity index (χ1v) is 6.53. The van der Waals surface area contributed by atoms with Crippen LogP contribution in [0.2, 0.25) is 0 Å². The number of H-pyrrole nitrogens is 1. The summed E-state index contributed by atoms with van der Waals surface area (Å²) in [6.45, 7) is 2.43. The van der Waals surface area contributed by atoms with Crippen LogP contribution >= 0.6 is 0 Å². The van der Waals surface area contributed by atoms with E-state index in [1.54, 1.807) is 12.4 Å². The Morgan fingerprint density at radius 3 is 3.00 bits per heavy atom. The van der Waals surface area contributed by atoms with Crippen LogP contribution in [0.3, 0.4) is 0 Å². The van der Waals surface area contributed by atoms with E-state index in [1.165, 1.54) is 0 Å². The van der Waals surface area contributed by atoms with Crippen molar-refractivity contribution in [3.63, 3.8) is 0 Å². The molecule has 0 aliphatic carbocycles. The molecule has 0 aliphatic rings. The van der Waals surface area contributed by atoms with Gasteiger partial charge in [-0.25, -0.2) is 4.98 Å². The Morgan fingerprint density at radius 1 is 1.35 bits per heavy atom. The summed E-state index contributed by atoms with van der Waals surface area (Å²) in [7, 11) is 0. The maximum Gasteiger partial charge on any atom is 0.140 e. The summed E-state index contributed by atoms with van der Waals surface area (Å²) in [6, 6.07) is 9.64. The molecule has 0 aliphatic heterocycles. The van der Waals surface area contributed by atoms with Gasteiger partial charge in [0.25, 0.3) is 0 Å². The van der Waals surface area contributed by atoms with Crippen molar-refractivity contribution in [3.05, 3.63) is 42.7 Å². The number of hydrogen-bond acceptors (Lipinski definition) is 4. The van der Waals surface area contributed by atoms with Gasteiger partial charge in [0.1, 0.15) is 17.7 Å². The number of hydrogen-bond donors (Lipinski definition) is 2. The lowest BCUT2D eigenvalue weighted by Crippen LogP contribution is -2.22. The molecule has 3 aromatic rings. The number of aromatic nitrogens is 3. The molecule has 1 unspecified atom stereocenters. The Balaban J connectivity index is 1.95. The minimum Gasteiger partial charge on any atom is -0.489 e. The lowest BCUT2D eigenvalue weighted by molar-refractivity contribution is 0.230. The van der Waals surface area contributed by atoms with Gasteiger partial charge in [0.2, 0.25) is 0 Å². The smallest absolute Gasteiger partial charge is 0.140 e. The highest BCUT2D eigenvalue weighted by atomic mass is 16.5. The van der Waals surface area contributed by atoms with E-state index in [4.69, 9.17) is 10.5 Å². The predicted molar refractivity (Wildman–Crippen MR) is 78.5 cm³/mol. The van der Waals surface area contributed by atoms with Crippen LogP contribution in [0.15, 0.2) is 42.7 Å². The third-order valence-corrected chi connectivity index (χ3v) is 3.06. The molecule has 1 aromatic carbocycles. The highest BCUT2D eigenvalue weighted by Crippen LogP contribution is 2.23. The Morgan fingerprint density at radius 2 is 2.25 bits per heavy atom. The normalized spacial score (nSPS) is 12.5. The van der Waals surface area contributed by atoms with Crippen molar-refractivity contribution < 1.29 is 4.74 Å². The Labute approximate surface area is 116 Å². The van der Waals surface area contributed by atoms with Crippen LogP contribution in [-0.2, 0) is 0 Å². The molecule has 2 heterocycles. The summed E-state index contributed by atoms with van der Waals surface area (Å²) in [6.07, 6.45) is 3.52. The van der Waals surface area contributed by atoms with Gasteiger partial charge in [-0.05, 0) is 31.2 Å². The number of nitrogens with two attached hydrogens (primary N) is 1. The van der Waals surface area contributed by atoms with Gasteiger partial charge in [-0.2, -0.15) is 0 Å². The Kier molecular flexibility index (Phi) is 3.35. The summed E-state index contributed by atoms with van der Waals surface area (Å²) < 4.78 is 5.70. The summed E-state index contributed by atoms with van der Waals surface area (Å²) >= 11 is 0. The molecule has 20 heavy (non-hydrogen) atoms. The first-order valence-electron chi connectivity index (χ1n) is 6.53. The fourth-order valence-corrected chi connectivity index (χ4v) is 1.98. The molecule has 3 rings (SSSR count). The average molecular weight is 268 g/mol. The Bertz CT molecular complexity index is 708. The monoisotopic (exact) mass is 268 g/mol. The topological polar surface area (TPSA) is 76.8 Å². The fraction of sp³-hybridized carbons (Fsp3) is 0.200. The molecule has 0 spiro atoms. The number of aromatic amines is 1. The number of pyridine rings is 1. The minimum atomic E-state index is -0.00633. The second kappa shape index (κ2) is 5.30. The summed E-state index contributed by atoms with van der Waals surface area (Å²) in [5.41, 5.74) is 8.36. The quantitative estimate of drug-likeness (QED) is 0.761. The van der Waals surface area contributed by atoms with Crippen molar-refractivity contribution in [2.24, 2.45) is 5.73 Å². The number of rotatable bonds is 4. The molecule has 0 amide bonds. The third-order valence-electron chi connectivity index (χ3n) is 3.06. The molecule has 5 nitrogen and oxygen atoms in total. The van der Waals surface area contributed by atoms with E-state index < -0.39 is 0 Å². The van der Waals surface area contributed by atoms with Crippen molar-refractivity contribution in [2.75, 3.05) is 6.54 Å². The minimum absolute atomic E-state index is 0.00633. The van der Waals surface area contributed by atoms with Crippen molar-refractivity contribution in [1.29, 1.82) is 0 Å². The summed E-state index contributed by atoms with van der Waals surface area (Å²) in [5, 5.41) is 0. The molecule has 3 N–H and O–H groups in total. The van der Waals surface area contributed by atoms with Crippen LogP contribution in [0.1, 0.15) is 6.92 Å². The number of nitrogens with one attached hydrogen (secondary N) is 1.